The summed E-state index contributed by atoms with van der Waals surface area (Å²) in [6.07, 6.45) is 2.71. The van der Waals surface area contributed by atoms with Crippen molar-refractivity contribution in [2.75, 3.05) is 0 Å². The zero-order valence-corrected chi connectivity index (χ0v) is 13.4. The fourth-order valence-electron chi connectivity index (χ4n) is 3.55. The molecule has 0 radical (unpaired) electrons. The van der Waals surface area contributed by atoms with Crippen LogP contribution in [0.4, 0.5) is 0 Å². The Morgan fingerprint density at radius 3 is 2.64 bits per heavy atom. The van der Waals surface area contributed by atoms with E-state index in [1.54, 1.807) is 0 Å². The Morgan fingerprint density at radius 1 is 0.840 bits per heavy atom. The summed E-state index contributed by atoms with van der Waals surface area (Å²) in [5.41, 5.74) is 4.72. The summed E-state index contributed by atoms with van der Waals surface area (Å²) in [5.74, 6) is 0. The lowest BCUT2D eigenvalue weighted by Gasteiger charge is -2.07. The molecule has 0 aliphatic carbocycles. The quantitative estimate of drug-likeness (QED) is 0.445. The van der Waals surface area contributed by atoms with E-state index in [0.717, 1.165) is 39.3 Å². The van der Waals surface area contributed by atoms with Gasteiger partial charge in [-0.25, -0.2) is 0 Å². The Kier molecular flexibility index (Phi) is 2.94. The Hall–Kier alpha value is -3.46. The topological polar surface area (TPSA) is 45.8 Å². The van der Waals surface area contributed by atoms with Gasteiger partial charge in [0.2, 0.25) is 0 Å². The molecule has 0 amide bonds. The van der Waals surface area contributed by atoms with Gasteiger partial charge in [-0.15, -0.1) is 0 Å². The van der Waals surface area contributed by atoms with Gasteiger partial charge in [0.15, 0.2) is 0 Å². The molecule has 3 heteroatoms. The van der Waals surface area contributed by atoms with E-state index in [0.29, 0.717) is 5.56 Å². The molecule has 0 atom stereocenters. The van der Waals surface area contributed by atoms with E-state index < -0.39 is 0 Å². The molecule has 0 aliphatic heterocycles. The molecule has 1 N–H and O–H groups in total. The second-order valence-corrected chi connectivity index (χ2v) is 6.16. The maximum Gasteiger partial charge on any atom is 0.150 e. The van der Waals surface area contributed by atoms with Gasteiger partial charge in [-0.2, -0.15) is 0 Å². The van der Waals surface area contributed by atoms with Crippen molar-refractivity contribution >= 4 is 38.9 Å². The molecule has 3 aromatic carbocycles. The van der Waals surface area contributed by atoms with Crippen molar-refractivity contribution < 1.29 is 4.79 Å². The molecule has 118 valence electrons. The van der Waals surface area contributed by atoms with Gasteiger partial charge in [0.05, 0.1) is 11.2 Å². The first kappa shape index (κ1) is 13.9. The first-order valence-corrected chi connectivity index (χ1v) is 8.19. The number of rotatable bonds is 2. The summed E-state index contributed by atoms with van der Waals surface area (Å²) in [6.45, 7) is 0. The normalized spacial score (nSPS) is 11.4. The van der Waals surface area contributed by atoms with E-state index in [4.69, 9.17) is 0 Å². The molecule has 0 aliphatic rings. The van der Waals surface area contributed by atoms with Crippen LogP contribution in [0.5, 0.6) is 0 Å². The Morgan fingerprint density at radius 2 is 1.72 bits per heavy atom. The molecular formula is C22H14N2O. The van der Waals surface area contributed by atoms with E-state index in [1.807, 2.05) is 42.6 Å². The highest BCUT2D eigenvalue weighted by Crippen LogP contribution is 2.35. The number of aromatic nitrogens is 2. The number of fused-ring (bicyclic) bond motifs is 4. The molecule has 2 heterocycles. The number of carbonyl (C=O) groups is 1. The summed E-state index contributed by atoms with van der Waals surface area (Å²) in [7, 11) is 0. The summed E-state index contributed by atoms with van der Waals surface area (Å²) in [4.78, 5) is 19.3. The number of pyridine rings is 1. The van der Waals surface area contributed by atoms with Gasteiger partial charge in [-0.3, -0.25) is 9.78 Å². The van der Waals surface area contributed by atoms with Crippen molar-refractivity contribution in [2.24, 2.45) is 0 Å². The number of aromatic amines is 1. The van der Waals surface area contributed by atoms with E-state index >= 15 is 0 Å². The minimum atomic E-state index is 0.678. The van der Waals surface area contributed by atoms with Gasteiger partial charge in [-0.05, 0) is 35.0 Å². The van der Waals surface area contributed by atoms with E-state index in [1.165, 1.54) is 10.8 Å². The molecule has 0 saturated carbocycles. The number of aldehydes is 1. The van der Waals surface area contributed by atoms with Crippen LogP contribution in [-0.2, 0) is 0 Å². The molecule has 3 nitrogen and oxygen atoms in total. The van der Waals surface area contributed by atoms with E-state index in [-0.39, 0.29) is 0 Å². The number of nitrogens with zero attached hydrogens (tertiary/aromatic N) is 1. The highest BCUT2D eigenvalue weighted by atomic mass is 16.1. The summed E-state index contributed by atoms with van der Waals surface area (Å²) in [5, 5.41) is 4.50. The van der Waals surface area contributed by atoms with Crippen LogP contribution in [0.3, 0.4) is 0 Å². The number of nitrogens with one attached hydrogen (secondary N) is 1. The summed E-state index contributed by atoms with van der Waals surface area (Å²) in [6, 6.07) is 22.3. The van der Waals surface area contributed by atoms with E-state index in [9.17, 15) is 4.79 Å². The number of hydrogen-bond donors (Lipinski definition) is 1. The van der Waals surface area contributed by atoms with Crippen LogP contribution in [0.1, 0.15) is 10.4 Å². The van der Waals surface area contributed by atoms with Crippen LogP contribution in [0.15, 0.2) is 72.9 Å². The predicted octanol–water partition coefficient (Wildman–Crippen LogP) is 5.35. The first-order valence-electron chi connectivity index (χ1n) is 8.19. The van der Waals surface area contributed by atoms with Crippen molar-refractivity contribution in [3.05, 3.63) is 78.5 Å². The largest absolute Gasteiger partial charge is 0.353 e. The SMILES string of the molecule is O=Cc1ccc2[nH]c3c(-c4cccc5ccccc45)nccc3c2c1. The lowest BCUT2D eigenvalue weighted by molar-refractivity contribution is 0.112. The van der Waals surface area contributed by atoms with Crippen LogP contribution in [0.2, 0.25) is 0 Å². The summed E-state index contributed by atoms with van der Waals surface area (Å²) >= 11 is 0. The molecule has 2 aromatic heterocycles. The van der Waals surface area contributed by atoms with Gasteiger partial charge >= 0.3 is 0 Å². The molecule has 0 saturated heterocycles. The average molecular weight is 322 g/mol. The van der Waals surface area contributed by atoms with Crippen molar-refractivity contribution in [1.29, 1.82) is 0 Å². The molecule has 0 fully saturated rings. The minimum absolute atomic E-state index is 0.678. The fraction of sp³-hybridized carbons (Fsp3) is 0. The van der Waals surface area contributed by atoms with E-state index in [2.05, 4.69) is 40.3 Å². The maximum atomic E-state index is 11.1. The standard InChI is InChI=1S/C22H14N2O/c25-13-14-8-9-20-19(12-14)18-10-11-23-21(22(18)24-20)17-7-3-5-15-4-1-2-6-16(15)17/h1-13,24H. The Balaban J connectivity index is 1.89. The zero-order valence-electron chi connectivity index (χ0n) is 13.4. The predicted molar refractivity (Wildman–Crippen MR) is 102 cm³/mol. The lowest BCUT2D eigenvalue weighted by atomic mass is 10.0. The number of hydrogen-bond acceptors (Lipinski definition) is 2. The first-order chi connectivity index (χ1) is 12.3. The average Bonchev–Trinajstić information content (AvgIpc) is 3.05. The zero-order chi connectivity index (χ0) is 16.8. The van der Waals surface area contributed by atoms with Gasteiger partial charge in [-0.1, -0.05) is 42.5 Å². The Bertz CT molecular complexity index is 1260. The molecule has 0 bridgehead atoms. The summed E-state index contributed by atoms with van der Waals surface area (Å²) < 4.78 is 0. The highest BCUT2D eigenvalue weighted by Gasteiger charge is 2.13. The molecule has 5 rings (SSSR count). The third kappa shape index (κ3) is 2.06. The maximum absolute atomic E-state index is 11.1. The van der Waals surface area contributed by atoms with Gasteiger partial charge in [0.1, 0.15) is 6.29 Å². The lowest BCUT2D eigenvalue weighted by Crippen LogP contribution is -1.87. The highest BCUT2D eigenvalue weighted by molar-refractivity contribution is 6.13. The third-order valence-corrected chi connectivity index (χ3v) is 4.73. The van der Waals surface area contributed by atoms with Gasteiger partial charge in [0.25, 0.3) is 0 Å². The van der Waals surface area contributed by atoms with Crippen molar-refractivity contribution in [2.45, 2.75) is 0 Å². The molecule has 25 heavy (non-hydrogen) atoms. The van der Waals surface area contributed by atoms with Crippen LogP contribution in [0, 0.1) is 0 Å². The smallest absolute Gasteiger partial charge is 0.150 e. The fourth-order valence-corrected chi connectivity index (χ4v) is 3.55. The third-order valence-electron chi connectivity index (χ3n) is 4.73. The van der Waals surface area contributed by atoms with Crippen LogP contribution >= 0.6 is 0 Å². The van der Waals surface area contributed by atoms with Gasteiger partial charge in [0, 0.05) is 33.6 Å². The number of benzene rings is 3. The second-order valence-electron chi connectivity index (χ2n) is 6.16. The van der Waals surface area contributed by atoms with Gasteiger partial charge < -0.3 is 4.98 Å². The molecule has 5 aromatic rings. The van der Waals surface area contributed by atoms with Crippen molar-refractivity contribution in [3.63, 3.8) is 0 Å². The van der Waals surface area contributed by atoms with Crippen LogP contribution in [-0.4, -0.2) is 16.3 Å². The van der Waals surface area contributed by atoms with Crippen molar-refractivity contribution in [1.82, 2.24) is 9.97 Å². The van der Waals surface area contributed by atoms with Crippen LogP contribution < -0.4 is 0 Å². The Labute approximate surface area is 143 Å². The van der Waals surface area contributed by atoms with Crippen molar-refractivity contribution in [3.8, 4) is 11.3 Å². The molecule has 0 unspecified atom stereocenters. The second kappa shape index (κ2) is 5.28. The monoisotopic (exact) mass is 322 g/mol. The van der Waals surface area contributed by atoms with Crippen LogP contribution in [0.25, 0.3) is 43.8 Å². The molecular weight excluding hydrogens is 308 g/mol. The number of carbonyl (C=O) groups excluding carboxylic acids is 1. The molecule has 0 spiro atoms. The minimum Gasteiger partial charge on any atom is -0.353 e. The number of H-pyrrole nitrogens is 1.